The van der Waals surface area contributed by atoms with Crippen LogP contribution in [0.3, 0.4) is 0 Å². The Morgan fingerprint density at radius 2 is 1.87 bits per heavy atom. The van der Waals surface area contributed by atoms with E-state index < -0.39 is 0 Å². The Bertz CT molecular complexity index is 1110. The second kappa shape index (κ2) is 11.2. The molecule has 5 nitrogen and oxygen atoms in total. The van der Waals surface area contributed by atoms with Crippen LogP contribution in [0.25, 0.3) is 0 Å². The summed E-state index contributed by atoms with van der Waals surface area (Å²) in [6, 6.07) is 17.8. The summed E-state index contributed by atoms with van der Waals surface area (Å²) in [4.78, 5) is 12.2. The van der Waals surface area contributed by atoms with Crippen LogP contribution in [-0.4, -0.2) is 18.7 Å². The lowest BCUT2D eigenvalue weighted by Crippen LogP contribution is -2.18. The van der Waals surface area contributed by atoms with Gasteiger partial charge >= 0.3 is 0 Å². The molecule has 3 aromatic carbocycles. The zero-order valence-electron chi connectivity index (χ0n) is 16.6. The summed E-state index contributed by atoms with van der Waals surface area (Å²) < 4.78 is 12.3. The van der Waals surface area contributed by atoms with Crippen LogP contribution in [0, 0.1) is 0 Å². The Balaban J connectivity index is 1.68. The highest BCUT2D eigenvalue weighted by Crippen LogP contribution is 2.30. The lowest BCUT2D eigenvalue weighted by atomic mass is 10.2. The highest BCUT2D eigenvalue weighted by atomic mass is 79.9. The minimum absolute atomic E-state index is 0.269. The van der Waals surface area contributed by atoms with Gasteiger partial charge in [-0.15, -0.1) is 0 Å². The third kappa shape index (κ3) is 6.47. The average Bonchev–Trinajstić information content (AvgIpc) is 2.74. The van der Waals surface area contributed by atoms with Crippen LogP contribution in [0.15, 0.2) is 70.2 Å². The second-order valence-corrected chi connectivity index (χ2v) is 8.04. The van der Waals surface area contributed by atoms with Gasteiger partial charge in [0.25, 0.3) is 5.91 Å². The van der Waals surface area contributed by atoms with Crippen molar-refractivity contribution in [2.75, 3.05) is 6.61 Å². The molecule has 0 heterocycles. The van der Waals surface area contributed by atoms with Gasteiger partial charge in [-0.1, -0.05) is 41.4 Å². The number of nitrogens with one attached hydrogen (secondary N) is 1. The third-order valence-electron chi connectivity index (χ3n) is 4.16. The van der Waals surface area contributed by atoms with Crippen molar-refractivity contribution in [1.82, 2.24) is 5.43 Å². The van der Waals surface area contributed by atoms with E-state index in [9.17, 15) is 4.79 Å². The number of benzene rings is 3. The van der Waals surface area contributed by atoms with E-state index in [2.05, 4.69) is 26.5 Å². The van der Waals surface area contributed by atoms with Gasteiger partial charge in [0.1, 0.15) is 6.61 Å². The predicted molar refractivity (Wildman–Crippen MR) is 128 cm³/mol. The van der Waals surface area contributed by atoms with Gasteiger partial charge in [-0.05, 0) is 70.9 Å². The molecule has 0 aromatic heterocycles. The number of hydrazone groups is 1. The minimum Gasteiger partial charge on any atom is -0.490 e. The van der Waals surface area contributed by atoms with Gasteiger partial charge < -0.3 is 9.47 Å². The third-order valence-corrected chi connectivity index (χ3v) is 5.44. The van der Waals surface area contributed by atoms with Crippen LogP contribution < -0.4 is 14.9 Å². The molecule has 0 saturated heterocycles. The number of halogens is 3. The van der Waals surface area contributed by atoms with Crippen molar-refractivity contribution in [3.05, 3.63) is 91.9 Å². The highest BCUT2D eigenvalue weighted by Gasteiger charge is 2.10. The van der Waals surface area contributed by atoms with Crippen molar-refractivity contribution >= 4 is 51.3 Å². The highest BCUT2D eigenvalue weighted by molar-refractivity contribution is 9.10. The Labute approximate surface area is 199 Å². The van der Waals surface area contributed by atoms with E-state index in [1.807, 2.05) is 25.1 Å². The quantitative estimate of drug-likeness (QED) is 0.272. The van der Waals surface area contributed by atoms with Crippen LogP contribution in [0.4, 0.5) is 0 Å². The summed E-state index contributed by atoms with van der Waals surface area (Å²) in [5.41, 5.74) is 4.57. The molecule has 0 aliphatic heterocycles. The van der Waals surface area contributed by atoms with E-state index >= 15 is 0 Å². The van der Waals surface area contributed by atoms with E-state index in [1.54, 1.807) is 42.5 Å². The molecule has 31 heavy (non-hydrogen) atoms. The molecule has 0 fully saturated rings. The number of rotatable bonds is 8. The number of carbonyl (C=O) groups is 1. The van der Waals surface area contributed by atoms with Crippen LogP contribution in [-0.2, 0) is 6.61 Å². The Morgan fingerprint density at radius 3 is 2.61 bits per heavy atom. The molecule has 8 heteroatoms. The van der Waals surface area contributed by atoms with Crippen LogP contribution >= 0.6 is 39.1 Å². The van der Waals surface area contributed by atoms with Crippen molar-refractivity contribution in [3.8, 4) is 11.5 Å². The summed E-state index contributed by atoms with van der Waals surface area (Å²) in [6.45, 7) is 2.63. The molecule has 1 N–H and O–H groups in total. The Hall–Kier alpha value is -2.54. The first kappa shape index (κ1) is 23.1. The van der Waals surface area contributed by atoms with Crippen molar-refractivity contribution < 1.29 is 14.3 Å². The molecule has 160 valence electrons. The molecule has 0 aliphatic rings. The standard InChI is InChI=1S/C23H19BrCl2N2O3/c1-2-30-22-11-15(13-27-28-23(29)18-5-3-4-6-19(18)24)7-10-21(22)31-14-16-8-9-17(25)12-20(16)26/h3-13H,2,14H2,1H3,(H,28,29)/b27-13-. The van der Waals surface area contributed by atoms with Gasteiger partial charge in [0, 0.05) is 20.1 Å². The SMILES string of the molecule is CCOc1cc(/C=N\NC(=O)c2ccccc2Br)ccc1OCc1ccc(Cl)cc1Cl. The zero-order chi connectivity index (χ0) is 22.2. The van der Waals surface area contributed by atoms with Gasteiger partial charge in [0.15, 0.2) is 11.5 Å². The van der Waals surface area contributed by atoms with Crippen molar-refractivity contribution in [1.29, 1.82) is 0 Å². The summed E-state index contributed by atoms with van der Waals surface area (Å²) in [5.74, 6) is 0.824. The fourth-order valence-corrected chi connectivity index (χ4v) is 3.59. The van der Waals surface area contributed by atoms with E-state index in [4.69, 9.17) is 32.7 Å². The fraction of sp³-hybridized carbons (Fsp3) is 0.130. The van der Waals surface area contributed by atoms with Gasteiger partial charge in [-0.3, -0.25) is 4.79 Å². The first-order valence-electron chi connectivity index (χ1n) is 9.39. The monoisotopic (exact) mass is 520 g/mol. The summed E-state index contributed by atoms with van der Waals surface area (Å²) in [7, 11) is 0. The van der Waals surface area contributed by atoms with E-state index in [-0.39, 0.29) is 12.5 Å². The number of ether oxygens (including phenoxy) is 2. The van der Waals surface area contributed by atoms with Crippen molar-refractivity contribution in [2.24, 2.45) is 5.10 Å². The van der Waals surface area contributed by atoms with E-state index in [1.165, 1.54) is 6.21 Å². The van der Waals surface area contributed by atoms with Crippen LogP contribution in [0.2, 0.25) is 10.0 Å². The summed E-state index contributed by atoms with van der Waals surface area (Å²) in [6.07, 6.45) is 1.54. The predicted octanol–water partition coefficient (Wildman–Crippen LogP) is 6.50. The molecule has 0 aliphatic carbocycles. The normalized spacial score (nSPS) is 10.8. The van der Waals surface area contributed by atoms with Crippen LogP contribution in [0.1, 0.15) is 28.4 Å². The zero-order valence-corrected chi connectivity index (χ0v) is 19.7. The molecule has 0 bridgehead atoms. The summed E-state index contributed by atoms with van der Waals surface area (Å²) in [5, 5.41) is 5.14. The minimum atomic E-state index is -0.312. The molecule has 1 amide bonds. The maximum Gasteiger partial charge on any atom is 0.272 e. The molecule has 3 aromatic rings. The van der Waals surface area contributed by atoms with E-state index in [0.717, 1.165) is 11.1 Å². The molecule has 0 unspecified atom stereocenters. The fourth-order valence-electron chi connectivity index (χ4n) is 2.66. The molecule has 0 saturated carbocycles. The molecular formula is C23H19BrCl2N2O3. The molecule has 0 radical (unpaired) electrons. The summed E-state index contributed by atoms with van der Waals surface area (Å²) >= 11 is 15.5. The van der Waals surface area contributed by atoms with Crippen molar-refractivity contribution in [2.45, 2.75) is 13.5 Å². The first-order valence-corrected chi connectivity index (χ1v) is 10.9. The molecule has 3 rings (SSSR count). The lowest BCUT2D eigenvalue weighted by molar-refractivity contribution is 0.0954. The smallest absolute Gasteiger partial charge is 0.272 e. The number of hydrogen-bond acceptors (Lipinski definition) is 4. The number of hydrogen-bond donors (Lipinski definition) is 1. The number of nitrogens with zero attached hydrogens (tertiary/aromatic N) is 1. The average molecular weight is 522 g/mol. The molecule has 0 spiro atoms. The van der Waals surface area contributed by atoms with E-state index in [0.29, 0.717) is 38.2 Å². The molecule has 0 atom stereocenters. The Morgan fingerprint density at radius 1 is 1.06 bits per heavy atom. The number of amides is 1. The molecular weight excluding hydrogens is 503 g/mol. The lowest BCUT2D eigenvalue weighted by Gasteiger charge is -2.13. The number of carbonyl (C=O) groups excluding carboxylic acids is 1. The van der Waals surface area contributed by atoms with Gasteiger partial charge in [-0.2, -0.15) is 5.10 Å². The van der Waals surface area contributed by atoms with Crippen molar-refractivity contribution in [3.63, 3.8) is 0 Å². The largest absolute Gasteiger partial charge is 0.490 e. The topological polar surface area (TPSA) is 59.9 Å². The van der Waals surface area contributed by atoms with Gasteiger partial charge in [0.2, 0.25) is 0 Å². The maximum atomic E-state index is 12.2. The van der Waals surface area contributed by atoms with Gasteiger partial charge in [-0.25, -0.2) is 5.43 Å². The maximum absolute atomic E-state index is 12.2. The second-order valence-electron chi connectivity index (χ2n) is 6.34. The van der Waals surface area contributed by atoms with Crippen LogP contribution in [0.5, 0.6) is 11.5 Å². The van der Waals surface area contributed by atoms with Gasteiger partial charge in [0.05, 0.1) is 18.4 Å². The first-order chi connectivity index (χ1) is 15.0. The Kier molecular flexibility index (Phi) is 8.35.